The molecule has 0 saturated carbocycles. The standard InChI is InChI=1S/C24H27F3N6O/c1-24(26,27)16-2-6-22(30-12-16)33-17-3-4-18(33)15-31(14-17)23(34)8-9-28-13-20-19(25)5-7-21-29-10-11-32(20)21/h2,5-7,10-12,17-18,28H,3-4,8-9,13-15H2,1H3. The number of rotatable bonds is 7. The lowest BCUT2D eigenvalue weighted by atomic mass is 10.1. The van der Waals surface area contributed by atoms with Gasteiger partial charge in [0.25, 0.3) is 5.92 Å². The van der Waals surface area contributed by atoms with Crippen molar-refractivity contribution in [2.75, 3.05) is 24.5 Å². The molecule has 2 fully saturated rings. The number of hydrogen-bond acceptors (Lipinski definition) is 5. The second-order valence-corrected chi connectivity index (χ2v) is 9.09. The highest BCUT2D eigenvalue weighted by Gasteiger charge is 2.42. The number of nitrogens with one attached hydrogen (secondary N) is 1. The lowest BCUT2D eigenvalue weighted by Crippen LogP contribution is -2.56. The molecule has 180 valence electrons. The molecule has 2 saturated heterocycles. The number of carbonyl (C=O) groups excluding carboxylic acids is 1. The third kappa shape index (κ3) is 4.34. The van der Waals surface area contributed by atoms with Gasteiger partial charge in [0.2, 0.25) is 5.91 Å². The molecule has 0 aliphatic carbocycles. The molecule has 5 heterocycles. The molecule has 2 aliphatic heterocycles. The summed E-state index contributed by atoms with van der Waals surface area (Å²) < 4.78 is 42.9. The summed E-state index contributed by atoms with van der Waals surface area (Å²) in [5.74, 6) is -2.49. The van der Waals surface area contributed by atoms with Crippen molar-refractivity contribution in [3.8, 4) is 0 Å². The minimum Gasteiger partial charge on any atom is -0.347 e. The zero-order valence-corrected chi connectivity index (χ0v) is 18.9. The van der Waals surface area contributed by atoms with E-state index >= 15 is 0 Å². The number of hydrogen-bond donors (Lipinski definition) is 1. The smallest absolute Gasteiger partial charge is 0.272 e. The Kier molecular flexibility index (Phi) is 5.93. The summed E-state index contributed by atoms with van der Waals surface area (Å²) in [5.41, 5.74) is 1.05. The maximum atomic E-state index is 14.2. The van der Waals surface area contributed by atoms with Crippen molar-refractivity contribution in [2.45, 2.75) is 50.7 Å². The Balaban J connectivity index is 1.15. The summed E-state index contributed by atoms with van der Waals surface area (Å²) >= 11 is 0. The molecular formula is C24H27F3N6O. The summed E-state index contributed by atoms with van der Waals surface area (Å²) in [6, 6.07) is 6.36. The van der Waals surface area contributed by atoms with E-state index in [1.807, 2.05) is 4.90 Å². The van der Waals surface area contributed by atoms with Crippen molar-refractivity contribution in [2.24, 2.45) is 0 Å². The molecule has 2 aliphatic rings. The second-order valence-electron chi connectivity index (χ2n) is 9.09. The number of anilines is 1. The average Bonchev–Trinajstić information content (AvgIpc) is 3.39. The lowest BCUT2D eigenvalue weighted by molar-refractivity contribution is -0.132. The number of likely N-dealkylation sites (tertiary alicyclic amines) is 1. The van der Waals surface area contributed by atoms with E-state index in [1.165, 1.54) is 18.3 Å². The van der Waals surface area contributed by atoms with Gasteiger partial charge in [0, 0.05) is 75.8 Å². The van der Waals surface area contributed by atoms with E-state index in [4.69, 9.17) is 0 Å². The Labute approximate surface area is 195 Å². The van der Waals surface area contributed by atoms with Gasteiger partial charge >= 0.3 is 0 Å². The number of carbonyl (C=O) groups is 1. The Morgan fingerprint density at radius 3 is 2.59 bits per heavy atom. The number of fused-ring (bicyclic) bond motifs is 3. The Hall–Kier alpha value is -3.14. The van der Waals surface area contributed by atoms with Gasteiger partial charge in [-0.1, -0.05) is 0 Å². The molecule has 2 atom stereocenters. The first-order valence-electron chi connectivity index (χ1n) is 11.5. The van der Waals surface area contributed by atoms with Gasteiger partial charge in [-0.2, -0.15) is 0 Å². The quantitative estimate of drug-likeness (QED) is 0.535. The molecule has 0 radical (unpaired) electrons. The first-order valence-corrected chi connectivity index (χ1v) is 11.5. The molecule has 34 heavy (non-hydrogen) atoms. The van der Waals surface area contributed by atoms with Gasteiger partial charge in [0.1, 0.15) is 17.3 Å². The van der Waals surface area contributed by atoms with Gasteiger partial charge in [-0.15, -0.1) is 0 Å². The summed E-state index contributed by atoms with van der Waals surface area (Å²) in [4.78, 5) is 25.4. The van der Waals surface area contributed by atoms with Crippen LogP contribution in [0.15, 0.2) is 42.9 Å². The SMILES string of the molecule is CC(F)(F)c1ccc(N2C3CCC2CN(C(=O)CCNCc2c(F)ccc4nccn24)C3)nc1. The topological polar surface area (TPSA) is 65.8 Å². The maximum Gasteiger partial charge on any atom is 0.272 e. The van der Waals surface area contributed by atoms with Crippen LogP contribution in [0, 0.1) is 5.82 Å². The largest absolute Gasteiger partial charge is 0.347 e. The molecule has 5 rings (SSSR count). The van der Waals surface area contributed by atoms with E-state index in [1.54, 1.807) is 28.9 Å². The molecule has 3 aromatic heterocycles. The molecule has 0 aromatic carbocycles. The summed E-state index contributed by atoms with van der Waals surface area (Å²) in [7, 11) is 0. The van der Waals surface area contributed by atoms with Crippen LogP contribution < -0.4 is 10.2 Å². The number of pyridine rings is 2. The Morgan fingerprint density at radius 1 is 1.15 bits per heavy atom. The van der Waals surface area contributed by atoms with Crippen molar-refractivity contribution in [1.29, 1.82) is 0 Å². The van der Waals surface area contributed by atoms with Crippen LogP contribution in [0.5, 0.6) is 0 Å². The van der Waals surface area contributed by atoms with Crippen molar-refractivity contribution < 1.29 is 18.0 Å². The summed E-state index contributed by atoms with van der Waals surface area (Å²) in [6.07, 6.45) is 6.78. The first-order chi connectivity index (χ1) is 16.3. The van der Waals surface area contributed by atoms with Gasteiger partial charge in [-0.25, -0.2) is 23.1 Å². The molecular weight excluding hydrogens is 445 g/mol. The molecule has 1 N–H and O–H groups in total. The van der Waals surface area contributed by atoms with Crippen molar-refractivity contribution in [1.82, 2.24) is 24.6 Å². The van der Waals surface area contributed by atoms with Crippen LogP contribution in [-0.2, 0) is 17.3 Å². The van der Waals surface area contributed by atoms with Crippen LogP contribution in [-0.4, -0.2) is 56.9 Å². The highest BCUT2D eigenvalue weighted by Crippen LogP contribution is 2.35. The Morgan fingerprint density at radius 2 is 1.91 bits per heavy atom. The molecule has 3 aromatic rings. The maximum absolute atomic E-state index is 14.2. The predicted octanol–water partition coefficient (Wildman–Crippen LogP) is 3.34. The van der Waals surface area contributed by atoms with E-state index < -0.39 is 5.92 Å². The van der Waals surface area contributed by atoms with E-state index in [-0.39, 0.29) is 29.4 Å². The van der Waals surface area contributed by atoms with Crippen LogP contribution >= 0.6 is 0 Å². The number of alkyl halides is 2. The van der Waals surface area contributed by atoms with E-state index in [9.17, 15) is 18.0 Å². The minimum atomic E-state index is -2.92. The predicted molar refractivity (Wildman–Crippen MR) is 121 cm³/mol. The third-order valence-electron chi connectivity index (χ3n) is 6.78. The number of nitrogens with zero attached hydrogens (tertiary/aromatic N) is 5. The lowest BCUT2D eigenvalue weighted by Gasteiger charge is -2.42. The second kappa shape index (κ2) is 8.90. The van der Waals surface area contributed by atoms with E-state index in [0.717, 1.165) is 19.8 Å². The monoisotopic (exact) mass is 472 g/mol. The van der Waals surface area contributed by atoms with Crippen molar-refractivity contribution in [3.63, 3.8) is 0 Å². The highest BCUT2D eigenvalue weighted by atomic mass is 19.3. The molecule has 10 heteroatoms. The number of amides is 1. The molecule has 2 bridgehead atoms. The van der Waals surface area contributed by atoms with Gasteiger partial charge in [0.15, 0.2) is 0 Å². The molecule has 1 amide bonds. The van der Waals surface area contributed by atoms with E-state index in [2.05, 4.69) is 20.2 Å². The highest BCUT2D eigenvalue weighted by molar-refractivity contribution is 5.77. The summed E-state index contributed by atoms with van der Waals surface area (Å²) in [6.45, 7) is 2.77. The zero-order chi connectivity index (χ0) is 23.9. The van der Waals surface area contributed by atoms with Gasteiger partial charge in [-0.05, 0) is 37.1 Å². The van der Waals surface area contributed by atoms with Gasteiger partial charge in [-0.3, -0.25) is 9.20 Å². The first kappa shape index (κ1) is 22.6. The van der Waals surface area contributed by atoms with E-state index in [0.29, 0.717) is 49.8 Å². The van der Waals surface area contributed by atoms with Crippen molar-refractivity contribution >= 4 is 17.4 Å². The van der Waals surface area contributed by atoms with Gasteiger partial charge in [0.05, 0.1) is 5.69 Å². The van der Waals surface area contributed by atoms with Crippen molar-refractivity contribution in [3.05, 3.63) is 59.9 Å². The number of imidazole rings is 1. The zero-order valence-electron chi connectivity index (χ0n) is 18.9. The summed E-state index contributed by atoms with van der Waals surface area (Å²) in [5, 5.41) is 3.17. The van der Waals surface area contributed by atoms with Crippen LogP contribution in [0.3, 0.4) is 0 Å². The van der Waals surface area contributed by atoms with Crippen LogP contribution in [0.1, 0.15) is 37.4 Å². The fraction of sp³-hybridized carbons (Fsp3) is 0.458. The van der Waals surface area contributed by atoms with Crippen LogP contribution in [0.4, 0.5) is 19.0 Å². The normalized spacial score (nSPS) is 20.4. The Bertz CT molecular complexity index is 1160. The number of piperazine rings is 1. The molecule has 0 spiro atoms. The minimum absolute atomic E-state index is 0.0549. The average molecular weight is 473 g/mol. The fourth-order valence-electron chi connectivity index (χ4n) is 5.03. The number of halogens is 3. The third-order valence-corrected chi connectivity index (χ3v) is 6.78. The number of aromatic nitrogens is 3. The fourth-order valence-corrected chi connectivity index (χ4v) is 5.03. The molecule has 2 unspecified atom stereocenters. The van der Waals surface area contributed by atoms with Gasteiger partial charge < -0.3 is 15.1 Å². The van der Waals surface area contributed by atoms with Crippen LogP contribution in [0.2, 0.25) is 0 Å². The van der Waals surface area contributed by atoms with Crippen LogP contribution in [0.25, 0.3) is 5.65 Å². The molecule has 7 nitrogen and oxygen atoms in total.